The first-order valence-corrected chi connectivity index (χ1v) is 9.90. The Bertz CT molecular complexity index is 732. The van der Waals surface area contributed by atoms with Crippen molar-refractivity contribution >= 4 is 22.0 Å². The monoisotopic (exact) mass is 402 g/mol. The van der Waals surface area contributed by atoms with Crippen LogP contribution in [0.2, 0.25) is 0 Å². The molecule has 0 aliphatic carbocycles. The maximum Gasteiger partial charge on any atom is 0.321 e. The van der Waals surface area contributed by atoms with Crippen LogP contribution >= 0.6 is 0 Å². The van der Waals surface area contributed by atoms with Gasteiger partial charge in [0.05, 0.1) is 12.0 Å². The normalized spacial score (nSPS) is 13.9. The summed E-state index contributed by atoms with van der Waals surface area (Å²) in [7, 11) is -2.60. The lowest BCUT2D eigenvalue weighted by atomic mass is 10.0. The summed E-state index contributed by atoms with van der Waals surface area (Å²) >= 11 is 0. The molecule has 1 rings (SSSR count). The lowest BCUT2D eigenvalue weighted by Crippen LogP contribution is -2.45. The first kappa shape index (κ1) is 22.9. The molecule has 0 radical (unpaired) electrons. The minimum absolute atomic E-state index is 0.0335. The van der Waals surface area contributed by atoms with Crippen LogP contribution in [0.15, 0.2) is 29.2 Å². The molecule has 0 bridgehead atoms. The van der Waals surface area contributed by atoms with Crippen molar-refractivity contribution in [3.63, 3.8) is 0 Å². The molecule has 9 nitrogen and oxygen atoms in total. The van der Waals surface area contributed by atoms with E-state index >= 15 is 0 Å². The second-order valence-electron chi connectivity index (χ2n) is 6.45. The Labute approximate surface area is 158 Å². The summed E-state index contributed by atoms with van der Waals surface area (Å²) in [5.41, 5.74) is 0. The Morgan fingerprint density at radius 1 is 1.07 bits per heavy atom. The molecule has 0 amide bonds. The topological polar surface area (TPSA) is 142 Å². The van der Waals surface area contributed by atoms with Crippen LogP contribution in [-0.4, -0.2) is 56.3 Å². The van der Waals surface area contributed by atoms with E-state index in [1.807, 2.05) is 13.8 Å². The Kier molecular flexibility index (Phi) is 8.67. The van der Waals surface area contributed by atoms with Crippen LogP contribution in [0.5, 0.6) is 5.75 Å². The van der Waals surface area contributed by atoms with Gasteiger partial charge in [0.1, 0.15) is 17.8 Å². The molecule has 10 heteroatoms. The fourth-order valence-electron chi connectivity index (χ4n) is 2.39. The summed E-state index contributed by atoms with van der Waals surface area (Å²) in [5, 5.41) is 21.2. The van der Waals surface area contributed by atoms with E-state index in [1.54, 1.807) is 0 Å². The number of carboxylic acid groups (broad SMARTS) is 2. The van der Waals surface area contributed by atoms with Crippen molar-refractivity contribution in [1.29, 1.82) is 0 Å². The summed E-state index contributed by atoms with van der Waals surface area (Å²) in [6.45, 7) is 3.78. The highest BCUT2D eigenvalue weighted by Crippen LogP contribution is 2.16. The predicted molar refractivity (Wildman–Crippen MR) is 98.2 cm³/mol. The molecule has 27 heavy (non-hydrogen) atoms. The standard InChI is InChI=1S/C17H26N2O7S/c1-11(2)10-15(17(22)23)18-9-8-14(16(20)21)19-27(24,25)13-6-4-12(26-3)5-7-13/h4-7,11,14-15,18-19H,8-10H2,1-3H3,(H,20,21)(H,22,23). The number of benzene rings is 1. The molecule has 152 valence electrons. The van der Waals surface area contributed by atoms with E-state index in [0.29, 0.717) is 12.2 Å². The fourth-order valence-corrected chi connectivity index (χ4v) is 3.61. The van der Waals surface area contributed by atoms with Crippen LogP contribution in [0.3, 0.4) is 0 Å². The molecule has 2 unspecified atom stereocenters. The Morgan fingerprint density at radius 2 is 1.63 bits per heavy atom. The van der Waals surface area contributed by atoms with Crippen molar-refractivity contribution in [2.75, 3.05) is 13.7 Å². The van der Waals surface area contributed by atoms with Crippen molar-refractivity contribution in [1.82, 2.24) is 10.0 Å². The van der Waals surface area contributed by atoms with Crippen molar-refractivity contribution in [3.8, 4) is 5.75 Å². The zero-order valence-electron chi connectivity index (χ0n) is 15.5. The smallest absolute Gasteiger partial charge is 0.321 e. The van der Waals surface area contributed by atoms with Crippen molar-refractivity contribution in [2.45, 2.75) is 43.7 Å². The lowest BCUT2D eigenvalue weighted by molar-refractivity contribution is -0.140. The van der Waals surface area contributed by atoms with Gasteiger partial charge in [-0.2, -0.15) is 4.72 Å². The highest BCUT2D eigenvalue weighted by Gasteiger charge is 2.26. The second kappa shape index (κ2) is 10.2. The van der Waals surface area contributed by atoms with Crippen molar-refractivity contribution in [3.05, 3.63) is 24.3 Å². The summed E-state index contributed by atoms with van der Waals surface area (Å²) in [5.74, 6) is -1.76. The Hall–Kier alpha value is -2.17. The first-order chi connectivity index (χ1) is 12.6. The van der Waals surface area contributed by atoms with Crippen LogP contribution in [0, 0.1) is 5.92 Å². The number of carbonyl (C=O) groups is 2. The number of aliphatic carboxylic acids is 2. The highest BCUT2D eigenvalue weighted by atomic mass is 32.2. The minimum Gasteiger partial charge on any atom is -0.497 e. The SMILES string of the molecule is COc1ccc(S(=O)(=O)NC(CCNC(CC(C)C)C(=O)O)C(=O)O)cc1. The molecule has 0 fully saturated rings. The molecule has 0 aliphatic heterocycles. The van der Waals surface area contributed by atoms with Gasteiger partial charge in [-0.15, -0.1) is 0 Å². The van der Waals surface area contributed by atoms with Gasteiger partial charge in [-0.3, -0.25) is 9.59 Å². The molecule has 2 atom stereocenters. The van der Waals surface area contributed by atoms with E-state index < -0.39 is 34.0 Å². The third-order valence-corrected chi connectivity index (χ3v) is 5.28. The Morgan fingerprint density at radius 3 is 2.07 bits per heavy atom. The molecule has 0 aromatic heterocycles. The van der Waals surface area contributed by atoms with E-state index in [2.05, 4.69) is 10.0 Å². The number of methoxy groups -OCH3 is 1. The van der Waals surface area contributed by atoms with Crippen molar-refractivity contribution < 1.29 is 33.0 Å². The van der Waals surface area contributed by atoms with E-state index in [0.717, 1.165) is 0 Å². The number of hydrogen-bond acceptors (Lipinski definition) is 6. The number of ether oxygens (including phenoxy) is 1. The van der Waals surface area contributed by atoms with Crippen LogP contribution in [0.25, 0.3) is 0 Å². The van der Waals surface area contributed by atoms with Crippen LogP contribution in [0.4, 0.5) is 0 Å². The number of hydrogen-bond donors (Lipinski definition) is 4. The van der Waals surface area contributed by atoms with Gasteiger partial charge in [0, 0.05) is 0 Å². The summed E-state index contributed by atoms with van der Waals surface area (Å²) in [6, 6.07) is 3.31. The molecule has 0 saturated carbocycles. The molecular weight excluding hydrogens is 376 g/mol. The largest absolute Gasteiger partial charge is 0.497 e. The average Bonchev–Trinajstić information content (AvgIpc) is 2.59. The van der Waals surface area contributed by atoms with Crippen LogP contribution in [-0.2, 0) is 19.6 Å². The molecule has 4 N–H and O–H groups in total. The van der Waals surface area contributed by atoms with Crippen LogP contribution < -0.4 is 14.8 Å². The van der Waals surface area contributed by atoms with Gasteiger partial charge in [0.15, 0.2) is 0 Å². The maximum absolute atomic E-state index is 12.4. The zero-order chi connectivity index (χ0) is 20.6. The van der Waals surface area contributed by atoms with E-state index in [-0.39, 0.29) is 23.8 Å². The fraction of sp³-hybridized carbons (Fsp3) is 0.529. The van der Waals surface area contributed by atoms with E-state index in [1.165, 1.54) is 31.4 Å². The first-order valence-electron chi connectivity index (χ1n) is 8.42. The highest BCUT2D eigenvalue weighted by molar-refractivity contribution is 7.89. The lowest BCUT2D eigenvalue weighted by Gasteiger charge is -2.19. The minimum atomic E-state index is -4.05. The van der Waals surface area contributed by atoms with Gasteiger partial charge in [0.25, 0.3) is 0 Å². The van der Waals surface area contributed by atoms with Gasteiger partial charge in [0.2, 0.25) is 10.0 Å². The summed E-state index contributed by atoms with van der Waals surface area (Å²) in [6.07, 6.45) is 0.275. The van der Waals surface area contributed by atoms with Gasteiger partial charge in [-0.1, -0.05) is 13.8 Å². The summed E-state index contributed by atoms with van der Waals surface area (Å²) < 4.78 is 31.8. The third kappa shape index (κ3) is 7.53. The zero-order valence-corrected chi connectivity index (χ0v) is 16.3. The molecule has 1 aromatic carbocycles. The predicted octanol–water partition coefficient (Wildman–Crippen LogP) is 0.906. The van der Waals surface area contributed by atoms with Gasteiger partial charge >= 0.3 is 11.9 Å². The molecule has 0 spiro atoms. The Balaban J connectivity index is 2.75. The number of carboxylic acids is 2. The molecular formula is C17H26N2O7S. The van der Waals surface area contributed by atoms with Crippen LogP contribution in [0.1, 0.15) is 26.7 Å². The molecule has 0 heterocycles. The second-order valence-corrected chi connectivity index (χ2v) is 8.16. The quantitative estimate of drug-likeness (QED) is 0.404. The average molecular weight is 402 g/mol. The van der Waals surface area contributed by atoms with Crippen molar-refractivity contribution in [2.24, 2.45) is 5.92 Å². The number of sulfonamides is 1. The maximum atomic E-state index is 12.4. The number of rotatable bonds is 12. The molecule has 0 aliphatic rings. The van der Waals surface area contributed by atoms with Gasteiger partial charge < -0.3 is 20.3 Å². The molecule has 1 aromatic rings. The van der Waals surface area contributed by atoms with E-state index in [9.17, 15) is 28.2 Å². The molecule has 0 saturated heterocycles. The van der Waals surface area contributed by atoms with E-state index in [4.69, 9.17) is 4.74 Å². The third-order valence-electron chi connectivity index (χ3n) is 3.79. The summed E-state index contributed by atoms with van der Waals surface area (Å²) in [4.78, 5) is 22.5. The van der Waals surface area contributed by atoms with Gasteiger partial charge in [-0.25, -0.2) is 8.42 Å². The number of nitrogens with one attached hydrogen (secondary N) is 2. The van der Waals surface area contributed by atoms with Gasteiger partial charge in [-0.05, 0) is 49.6 Å².